The van der Waals surface area contributed by atoms with E-state index in [1.807, 2.05) is 6.07 Å². The van der Waals surface area contributed by atoms with Crippen LogP contribution in [0.5, 0.6) is 0 Å². The zero-order valence-corrected chi connectivity index (χ0v) is 12.6. The second kappa shape index (κ2) is 5.05. The molecule has 1 aromatic carbocycles. The summed E-state index contributed by atoms with van der Waals surface area (Å²) in [5, 5.41) is 7.97. The Kier molecular flexibility index (Phi) is 3.37. The Morgan fingerprint density at radius 1 is 1.35 bits per heavy atom. The van der Waals surface area contributed by atoms with Crippen LogP contribution in [0.4, 0.5) is 5.13 Å². The van der Waals surface area contributed by atoms with Crippen LogP contribution in [0.3, 0.4) is 0 Å². The van der Waals surface area contributed by atoms with Gasteiger partial charge in [-0.1, -0.05) is 34.5 Å². The van der Waals surface area contributed by atoms with Gasteiger partial charge < -0.3 is 0 Å². The Bertz CT molecular complexity index is 811. The molecular formula is C12H8Cl2N4OS. The number of rotatable bonds is 2. The van der Waals surface area contributed by atoms with Crippen molar-refractivity contribution in [2.24, 2.45) is 7.05 Å². The van der Waals surface area contributed by atoms with Crippen molar-refractivity contribution in [3.05, 3.63) is 40.1 Å². The highest BCUT2D eigenvalue weighted by molar-refractivity contribution is 7.22. The molecule has 0 spiro atoms. The summed E-state index contributed by atoms with van der Waals surface area (Å²) in [6, 6.07) is 5.16. The van der Waals surface area contributed by atoms with Crippen LogP contribution in [-0.4, -0.2) is 20.7 Å². The molecule has 3 rings (SSSR count). The predicted octanol–water partition coefficient (Wildman–Crippen LogP) is 3.59. The fourth-order valence-corrected chi connectivity index (χ4v) is 3.03. The molecule has 0 saturated heterocycles. The third-order valence-corrected chi connectivity index (χ3v) is 4.46. The molecule has 2 heterocycles. The Morgan fingerprint density at radius 2 is 2.15 bits per heavy atom. The van der Waals surface area contributed by atoms with Crippen molar-refractivity contribution in [1.29, 1.82) is 0 Å². The van der Waals surface area contributed by atoms with Gasteiger partial charge in [-0.05, 0) is 18.2 Å². The van der Waals surface area contributed by atoms with Gasteiger partial charge in [-0.25, -0.2) is 4.98 Å². The summed E-state index contributed by atoms with van der Waals surface area (Å²) in [6.07, 6.45) is 1.56. The van der Waals surface area contributed by atoms with Crippen molar-refractivity contribution < 1.29 is 4.79 Å². The third-order valence-electron chi connectivity index (χ3n) is 2.73. The van der Waals surface area contributed by atoms with Crippen molar-refractivity contribution in [3.8, 4) is 0 Å². The number of fused-ring (bicyclic) bond motifs is 1. The summed E-state index contributed by atoms with van der Waals surface area (Å²) in [6.45, 7) is 0. The first-order valence-electron chi connectivity index (χ1n) is 5.60. The minimum Gasteiger partial charge on any atom is -0.296 e. The maximum absolute atomic E-state index is 12.1. The molecule has 102 valence electrons. The Hall–Kier alpha value is -1.63. The molecule has 1 amide bonds. The number of anilines is 1. The number of nitrogens with one attached hydrogen (secondary N) is 1. The van der Waals surface area contributed by atoms with E-state index in [-0.39, 0.29) is 5.91 Å². The predicted molar refractivity (Wildman–Crippen MR) is 80.8 cm³/mol. The molecule has 0 fully saturated rings. The van der Waals surface area contributed by atoms with Crippen molar-refractivity contribution in [2.45, 2.75) is 0 Å². The topological polar surface area (TPSA) is 59.8 Å². The molecule has 0 bridgehead atoms. The number of hydrogen-bond acceptors (Lipinski definition) is 4. The highest BCUT2D eigenvalue weighted by Gasteiger charge is 2.14. The van der Waals surface area contributed by atoms with Crippen molar-refractivity contribution in [3.63, 3.8) is 0 Å². The van der Waals surface area contributed by atoms with Gasteiger partial charge in [0, 0.05) is 13.2 Å². The van der Waals surface area contributed by atoms with Gasteiger partial charge >= 0.3 is 0 Å². The van der Waals surface area contributed by atoms with E-state index in [1.54, 1.807) is 25.4 Å². The molecule has 0 unspecified atom stereocenters. The molecule has 0 radical (unpaired) electrons. The molecule has 8 heteroatoms. The van der Waals surface area contributed by atoms with E-state index in [0.717, 1.165) is 4.70 Å². The number of amides is 1. The zero-order chi connectivity index (χ0) is 14.3. The first-order valence-corrected chi connectivity index (χ1v) is 7.17. The summed E-state index contributed by atoms with van der Waals surface area (Å²) in [7, 11) is 1.70. The van der Waals surface area contributed by atoms with E-state index < -0.39 is 0 Å². The molecular weight excluding hydrogens is 319 g/mol. The lowest BCUT2D eigenvalue weighted by Gasteiger charge is -2.00. The Labute approximate surface area is 128 Å². The minimum absolute atomic E-state index is 0.272. The summed E-state index contributed by atoms with van der Waals surface area (Å²) < 4.78 is 2.35. The SMILES string of the molecule is Cn1nccc1C(=O)Nc1nc2c(Cl)c(Cl)ccc2s1. The maximum atomic E-state index is 12.1. The lowest BCUT2D eigenvalue weighted by molar-refractivity contribution is 0.101. The molecule has 1 N–H and O–H groups in total. The highest BCUT2D eigenvalue weighted by atomic mass is 35.5. The van der Waals surface area contributed by atoms with Crippen LogP contribution in [-0.2, 0) is 7.05 Å². The number of thiazole rings is 1. The van der Waals surface area contributed by atoms with Gasteiger partial charge in [-0.2, -0.15) is 5.10 Å². The average molecular weight is 327 g/mol. The second-order valence-corrected chi connectivity index (χ2v) is 5.84. The zero-order valence-electron chi connectivity index (χ0n) is 10.2. The lowest BCUT2D eigenvalue weighted by atomic mass is 10.3. The highest BCUT2D eigenvalue weighted by Crippen LogP contribution is 2.35. The minimum atomic E-state index is -0.272. The number of carbonyl (C=O) groups excluding carboxylic acids is 1. The first kappa shape index (κ1) is 13.4. The van der Waals surface area contributed by atoms with Gasteiger partial charge in [-0.3, -0.25) is 14.8 Å². The molecule has 2 aromatic heterocycles. The van der Waals surface area contributed by atoms with E-state index in [2.05, 4.69) is 15.4 Å². The molecule has 3 aromatic rings. The van der Waals surface area contributed by atoms with E-state index in [4.69, 9.17) is 23.2 Å². The average Bonchev–Trinajstić information content (AvgIpc) is 3.00. The molecule has 0 aliphatic rings. The van der Waals surface area contributed by atoms with E-state index in [0.29, 0.717) is 26.4 Å². The fraction of sp³-hybridized carbons (Fsp3) is 0.0833. The number of aromatic nitrogens is 3. The molecule has 0 aliphatic carbocycles. The monoisotopic (exact) mass is 326 g/mol. The van der Waals surface area contributed by atoms with Crippen LogP contribution in [0.25, 0.3) is 10.2 Å². The number of aryl methyl sites for hydroxylation is 1. The van der Waals surface area contributed by atoms with Gasteiger partial charge in [0.2, 0.25) is 0 Å². The third kappa shape index (κ3) is 2.26. The molecule has 5 nitrogen and oxygen atoms in total. The normalized spacial score (nSPS) is 10.9. The Balaban J connectivity index is 1.94. The summed E-state index contributed by atoms with van der Waals surface area (Å²) in [5.74, 6) is -0.272. The summed E-state index contributed by atoms with van der Waals surface area (Å²) in [5.41, 5.74) is 1.04. The van der Waals surface area contributed by atoms with Crippen LogP contribution in [0.2, 0.25) is 10.0 Å². The molecule has 0 aliphatic heterocycles. The van der Waals surface area contributed by atoms with Crippen molar-refractivity contribution >= 4 is 55.8 Å². The van der Waals surface area contributed by atoms with E-state index in [9.17, 15) is 4.79 Å². The van der Waals surface area contributed by atoms with Gasteiger partial charge in [0.25, 0.3) is 5.91 Å². The number of nitrogens with zero attached hydrogens (tertiary/aromatic N) is 3. The van der Waals surface area contributed by atoms with E-state index in [1.165, 1.54) is 16.0 Å². The van der Waals surface area contributed by atoms with Crippen LogP contribution < -0.4 is 5.32 Å². The molecule has 20 heavy (non-hydrogen) atoms. The van der Waals surface area contributed by atoms with Crippen molar-refractivity contribution in [1.82, 2.24) is 14.8 Å². The molecule has 0 saturated carbocycles. The second-order valence-electron chi connectivity index (χ2n) is 4.02. The summed E-state index contributed by atoms with van der Waals surface area (Å²) >= 11 is 13.4. The largest absolute Gasteiger partial charge is 0.296 e. The van der Waals surface area contributed by atoms with E-state index >= 15 is 0 Å². The van der Waals surface area contributed by atoms with Crippen LogP contribution >= 0.6 is 34.5 Å². The molecule has 0 atom stereocenters. The van der Waals surface area contributed by atoms with Gasteiger partial charge in [0.15, 0.2) is 5.13 Å². The number of carbonyl (C=O) groups is 1. The number of benzene rings is 1. The van der Waals surface area contributed by atoms with Crippen molar-refractivity contribution in [2.75, 3.05) is 5.32 Å². The quantitative estimate of drug-likeness (QED) is 0.782. The fourth-order valence-electron chi connectivity index (χ4n) is 1.75. The number of hydrogen-bond donors (Lipinski definition) is 1. The van der Waals surface area contributed by atoms with Gasteiger partial charge in [0.05, 0.1) is 14.7 Å². The first-order chi connectivity index (χ1) is 9.56. The summed E-state index contributed by atoms with van der Waals surface area (Å²) in [4.78, 5) is 16.4. The van der Waals surface area contributed by atoms with Crippen LogP contribution in [0.15, 0.2) is 24.4 Å². The Morgan fingerprint density at radius 3 is 2.85 bits per heavy atom. The standard InChI is InChI=1S/C12H8Cl2N4OS/c1-18-7(4-5-15-18)11(19)17-12-16-10-8(20-12)3-2-6(13)9(10)14/h2-5H,1H3,(H,16,17,19). The van der Waals surface area contributed by atoms with Gasteiger partial charge in [0.1, 0.15) is 11.2 Å². The lowest BCUT2D eigenvalue weighted by Crippen LogP contribution is -2.15. The van der Waals surface area contributed by atoms with Gasteiger partial charge in [-0.15, -0.1) is 0 Å². The maximum Gasteiger partial charge on any atom is 0.275 e. The van der Waals surface area contributed by atoms with Crippen LogP contribution in [0, 0.1) is 0 Å². The van der Waals surface area contributed by atoms with Crippen LogP contribution in [0.1, 0.15) is 10.5 Å². The smallest absolute Gasteiger partial charge is 0.275 e. The number of halogens is 2.